The van der Waals surface area contributed by atoms with Gasteiger partial charge in [0, 0.05) is 23.0 Å². The Hall–Kier alpha value is -2.09. The number of benzene rings is 1. The lowest BCUT2D eigenvalue weighted by Gasteiger charge is -2.15. The first-order chi connectivity index (χ1) is 10.4. The highest BCUT2D eigenvalue weighted by molar-refractivity contribution is 5.94. The van der Waals surface area contributed by atoms with Crippen molar-refractivity contribution in [3.8, 4) is 0 Å². The molecule has 106 valence electrons. The Labute approximate surface area is 124 Å². The summed E-state index contributed by atoms with van der Waals surface area (Å²) in [4.78, 5) is 4.55. The molecule has 1 atom stereocenters. The second-order valence-electron chi connectivity index (χ2n) is 5.97. The van der Waals surface area contributed by atoms with Crippen molar-refractivity contribution >= 4 is 28.6 Å². The summed E-state index contributed by atoms with van der Waals surface area (Å²) in [5.74, 6) is 0.682. The fraction of sp³-hybridized carbons (Fsp3) is 0.316. The maximum Gasteiger partial charge on any atom is 0.145 e. The van der Waals surface area contributed by atoms with Crippen molar-refractivity contribution in [1.29, 1.82) is 0 Å². The van der Waals surface area contributed by atoms with Gasteiger partial charge in [0.2, 0.25) is 0 Å². The maximum absolute atomic E-state index is 4.55. The van der Waals surface area contributed by atoms with E-state index in [2.05, 4.69) is 58.9 Å². The molecule has 0 radical (unpaired) electrons. The molecule has 2 nitrogen and oxygen atoms in total. The van der Waals surface area contributed by atoms with Gasteiger partial charge in [-0.2, -0.15) is 0 Å². The summed E-state index contributed by atoms with van der Waals surface area (Å²) in [6, 6.07) is 8.65. The Balaban J connectivity index is 2.06. The lowest BCUT2D eigenvalue weighted by molar-refractivity contribution is 0.590. The minimum atomic E-state index is 0.682. The van der Waals surface area contributed by atoms with E-state index < -0.39 is 0 Å². The van der Waals surface area contributed by atoms with Crippen LogP contribution in [0.15, 0.2) is 36.7 Å². The molecule has 21 heavy (non-hydrogen) atoms. The molecule has 2 heteroatoms. The summed E-state index contributed by atoms with van der Waals surface area (Å²) in [5.41, 5.74) is 1.07. The third-order valence-corrected chi connectivity index (χ3v) is 4.58. The number of aromatic nitrogens is 2. The molecule has 3 aromatic rings. The van der Waals surface area contributed by atoms with Crippen LogP contribution >= 0.6 is 0 Å². The van der Waals surface area contributed by atoms with Crippen LogP contribution in [0.3, 0.4) is 0 Å². The minimum Gasteiger partial charge on any atom is -0.300 e. The first kappa shape index (κ1) is 12.6. The van der Waals surface area contributed by atoms with Gasteiger partial charge in [0.25, 0.3) is 0 Å². The van der Waals surface area contributed by atoms with E-state index in [1.165, 1.54) is 40.6 Å². The molecular weight excluding hydrogens is 256 g/mol. The second kappa shape index (κ2) is 5.03. The lowest BCUT2D eigenvalue weighted by atomic mass is 9.92. The van der Waals surface area contributed by atoms with Crippen LogP contribution in [0.5, 0.6) is 0 Å². The van der Waals surface area contributed by atoms with Crippen molar-refractivity contribution in [1.82, 2.24) is 9.38 Å². The molecule has 1 aliphatic carbocycles. The molecule has 1 aliphatic rings. The largest absolute Gasteiger partial charge is 0.300 e. The van der Waals surface area contributed by atoms with Crippen LogP contribution in [-0.4, -0.2) is 9.38 Å². The van der Waals surface area contributed by atoms with E-state index in [9.17, 15) is 0 Å². The average Bonchev–Trinajstić information content (AvgIpc) is 3.03. The molecule has 1 unspecified atom stereocenters. The van der Waals surface area contributed by atoms with Crippen molar-refractivity contribution in [2.45, 2.75) is 32.6 Å². The minimum absolute atomic E-state index is 0.682. The van der Waals surface area contributed by atoms with Crippen molar-refractivity contribution in [3.63, 3.8) is 0 Å². The van der Waals surface area contributed by atoms with Gasteiger partial charge in [-0.15, -0.1) is 0 Å². The number of hydrogen-bond donors (Lipinski definition) is 0. The van der Waals surface area contributed by atoms with Gasteiger partial charge in [-0.05, 0) is 24.1 Å². The Kier molecular flexibility index (Phi) is 3.03. The van der Waals surface area contributed by atoms with Crippen LogP contribution in [0.1, 0.15) is 32.6 Å². The summed E-state index contributed by atoms with van der Waals surface area (Å²) in [7, 11) is 0. The smallest absolute Gasteiger partial charge is 0.145 e. The van der Waals surface area contributed by atoms with E-state index in [0.717, 1.165) is 12.1 Å². The molecule has 0 amide bonds. The van der Waals surface area contributed by atoms with Crippen molar-refractivity contribution in [3.05, 3.63) is 47.2 Å². The van der Waals surface area contributed by atoms with Gasteiger partial charge in [-0.25, -0.2) is 4.98 Å². The Morgan fingerprint density at radius 2 is 2.10 bits per heavy atom. The van der Waals surface area contributed by atoms with Gasteiger partial charge in [0.05, 0.1) is 5.35 Å². The second-order valence-corrected chi connectivity index (χ2v) is 5.97. The Morgan fingerprint density at radius 3 is 2.95 bits per heavy atom. The van der Waals surface area contributed by atoms with E-state index in [1.54, 1.807) is 0 Å². The van der Waals surface area contributed by atoms with Crippen molar-refractivity contribution < 1.29 is 0 Å². The molecular formula is C19H20N2. The molecule has 0 aliphatic heterocycles. The predicted octanol–water partition coefficient (Wildman–Crippen LogP) is 3.26. The van der Waals surface area contributed by atoms with Gasteiger partial charge < -0.3 is 0 Å². The third-order valence-electron chi connectivity index (χ3n) is 4.58. The summed E-state index contributed by atoms with van der Waals surface area (Å²) in [6.45, 7) is 2.27. The number of imidazole rings is 1. The first-order valence-corrected chi connectivity index (χ1v) is 7.94. The monoisotopic (exact) mass is 276 g/mol. The summed E-state index contributed by atoms with van der Waals surface area (Å²) in [5, 5.41) is 5.29. The van der Waals surface area contributed by atoms with E-state index in [4.69, 9.17) is 0 Å². The average molecular weight is 276 g/mol. The van der Waals surface area contributed by atoms with Crippen LogP contribution in [-0.2, 0) is 0 Å². The molecule has 0 fully saturated rings. The number of nitrogens with zero attached hydrogens (tertiary/aromatic N) is 2. The van der Waals surface area contributed by atoms with Gasteiger partial charge in [0.15, 0.2) is 0 Å². The fourth-order valence-corrected chi connectivity index (χ4v) is 3.50. The zero-order valence-electron chi connectivity index (χ0n) is 12.4. The lowest BCUT2D eigenvalue weighted by Crippen LogP contribution is -2.35. The molecule has 0 bridgehead atoms. The molecule has 0 N–H and O–H groups in total. The number of hydrogen-bond acceptors (Lipinski definition) is 1. The highest BCUT2D eigenvalue weighted by Gasteiger charge is 2.12. The van der Waals surface area contributed by atoms with E-state index in [1.807, 2.05) is 6.20 Å². The summed E-state index contributed by atoms with van der Waals surface area (Å²) >= 11 is 0. The summed E-state index contributed by atoms with van der Waals surface area (Å²) < 4.78 is 2.24. The standard InChI is InChI=1S/C19H20N2/c1-2-3-6-14-9-10-18-17(13-14)15-7-4-5-8-16(15)19-20-11-12-21(18)19/h4-5,7-8,10-14H,2-3,6,9H2,1H3. The zero-order valence-corrected chi connectivity index (χ0v) is 12.4. The Morgan fingerprint density at radius 1 is 1.24 bits per heavy atom. The molecule has 0 spiro atoms. The van der Waals surface area contributed by atoms with Crippen LogP contribution < -0.4 is 10.6 Å². The molecule has 0 saturated carbocycles. The van der Waals surface area contributed by atoms with E-state index in [-0.39, 0.29) is 0 Å². The highest BCUT2D eigenvalue weighted by atomic mass is 15.0. The van der Waals surface area contributed by atoms with Crippen LogP contribution in [0.25, 0.3) is 28.6 Å². The third kappa shape index (κ3) is 1.98. The van der Waals surface area contributed by atoms with E-state index >= 15 is 0 Å². The maximum atomic E-state index is 4.55. The van der Waals surface area contributed by atoms with Crippen LogP contribution in [0, 0.1) is 5.92 Å². The number of rotatable bonds is 3. The van der Waals surface area contributed by atoms with E-state index in [0.29, 0.717) is 5.92 Å². The van der Waals surface area contributed by atoms with Crippen molar-refractivity contribution in [2.75, 3.05) is 0 Å². The number of unbranched alkanes of at least 4 members (excludes halogenated alkanes) is 1. The van der Waals surface area contributed by atoms with Crippen LogP contribution in [0.4, 0.5) is 0 Å². The van der Waals surface area contributed by atoms with Gasteiger partial charge in [-0.3, -0.25) is 4.40 Å². The van der Waals surface area contributed by atoms with Gasteiger partial charge >= 0.3 is 0 Å². The molecule has 4 rings (SSSR count). The molecule has 1 aromatic carbocycles. The number of fused-ring (bicyclic) bond motifs is 6. The van der Waals surface area contributed by atoms with Gasteiger partial charge in [0.1, 0.15) is 5.65 Å². The SMILES string of the molecule is CCCCC1C=c2c(n3ccnc3c3ccccc23)=CC1. The quantitative estimate of drug-likeness (QED) is 0.718. The van der Waals surface area contributed by atoms with Crippen molar-refractivity contribution in [2.24, 2.45) is 5.92 Å². The molecule has 2 heterocycles. The topological polar surface area (TPSA) is 17.3 Å². The molecule has 0 saturated heterocycles. The normalized spacial score (nSPS) is 17.5. The molecule has 2 aromatic heterocycles. The predicted molar refractivity (Wildman–Crippen MR) is 88.5 cm³/mol. The fourth-order valence-electron chi connectivity index (χ4n) is 3.50. The Bertz CT molecular complexity index is 918. The van der Waals surface area contributed by atoms with Gasteiger partial charge in [-0.1, -0.05) is 56.2 Å². The number of pyridine rings is 1. The zero-order chi connectivity index (χ0) is 14.2. The first-order valence-electron chi connectivity index (χ1n) is 7.94. The highest BCUT2D eigenvalue weighted by Crippen LogP contribution is 2.19. The van der Waals surface area contributed by atoms with Crippen LogP contribution in [0.2, 0.25) is 0 Å². The summed E-state index contributed by atoms with van der Waals surface area (Å²) in [6.07, 6.45) is 13.9.